The van der Waals surface area contributed by atoms with Crippen LogP contribution in [0.25, 0.3) is 10.8 Å². The summed E-state index contributed by atoms with van der Waals surface area (Å²) in [6, 6.07) is 12.6. The lowest BCUT2D eigenvalue weighted by atomic mass is 10.0. The summed E-state index contributed by atoms with van der Waals surface area (Å²) >= 11 is 3.48. The van der Waals surface area contributed by atoms with Gasteiger partial charge in [0.15, 0.2) is 0 Å². The third-order valence-electron chi connectivity index (χ3n) is 3.96. The van der Waals surface area contributed by atoms with E-state index < -0.39 is 5.60 Å². The number of hydrogen-bond donors (Lipinski definition) is 2. The van der Waals surface area contributed by atoms with Crippen LogP contribution < -0.4 is 5.32 Å². The lowest BCUT2D eigenvalue weighted by molar-refractivity contribution is 0.0615. The van der Waals surface area contributed by atoms with E-state index in [4.69, 9.17) is 0 Å². The molecule has 2 aromatic rings. The fourth-order valence-electron chi connectivity index (χ4n) is 2.80. The molecule has 0 unspecified atom stereocenters. The summed E-state index contributed by atoms with van der Waals surface area (Å²) in [4.78, 5) is 0. The molecule has 3 heteroatoms. The third kappa shape index (κ3) is 2.93. The number of hydrogen-bond acceptors (Lipinski definition) is 2. The number of benzene rings is 2. The van der Waals surface area contributed by atoms with Crippen molar-refractivity contribution in [2.24, 2.45) is 0 Å². The van der Waals surface area contributed by atoms with Crippen LogP contribution in [0, 0.1) is 0 Å². The predicted octanol–water partition coefficient (Wildman–Crippen LogP) is 4.32. The van der Waals surface area contributed by atoms with Gasteiger partial charge in [0, 0.05) is 16.7 Å². The summed E-state index contributed by atoms with van der Waals surface area (Å²) in [5, 5.41) is 16.1. The van der Waals surface area contributed by atoms with Crippen molar-refractivity contribution in [1.29, 1.82) is 0 Å². The largest absolute Gasteiger partial charge is 0.388 e. The standard InChI is InChI=1S/C16H18BrNO/c17-14-5-3-13-10-15(6-4-12(13)9-14)18-11-16(19)7-1-2-8-16/h3-6,9-10,18-19H,1-2,7-8,11H2. The lowest BCUT2D eigenvalue weighted by Crippen LogP contribution is -2.33. The zero-order chi connectivity index (χ0) is 13.3. The second-order valence-corrected chi connectivity index (χ2v) is 6.41. The van der Waals surface area contributed by atoms with Crippen LogP contribution in [0.5, 0.6) is 0 Å². The molecular weight excluding hydrogens is 302 g/mol. The van der Waals surface area contributed by atoms with E-state index in [9.17, 15) is 5.11 Å². The SMILES string of the molecule is OC1(CNc2ccc3cc(Br)ccc3c2)CCCC1. The van der Waals surface area contributed by atoms with Gasteiger partial charge < -0.3 is 10.4 Å². The highest BCUT2D eigenvalue weighted by atomic mass is 79.9. The summed E-state index contributed by atoms with van der Waals surface area (Å²) in [7, 11) is 0. The Hall–Kier alpha value is -1.06. The Morgan fingerprint density at radius 1 is 1.05 bits per heavy atom. The van der Waals surface area contributed by atoms with Gasteiger partial charge in [-0.25, -0.2) is 0 Å². The average Bonchev–Trinajstić information content (AvgIpc) is 2.84. The normalized spacial score (nSPS) is 17.8. The van der Waals surface area contributed by atoms with Gasteiger partial charge in [0.05, 0.1) is 5.60 Å². The molecule has 0 spiro atoms. The molecule has 0 atom stereocenters. The van der Waals surface area contributed by atoms with Gasteiger partial charge in [-0.3, -0.25) is 0 Å². The Labute approximate surface area is 122 Å². The summed E-state index contributed by atoms with van der Waals surface area (Å²) in [5.74, 6) is 0. The molecule has 0 aliphatic heterocycles. The van der Waals surface area contributed by atoms with E-state index >= 15 is 0 Å². The maximum absolute atomic E-state index is 10.3. The van der Waals surface area contributed by atoms with Gasteiger partial charge in [-0.1, -0.05) is 40.9 Å². The molecule has 1 aliphatic rings. The topological polar surface area (TPSA) is 32.3 Å². The maximum atomic E-state index is 10.3. The molecule has 100 valence electrons. The van der Waals surface area contributed by atoms with Crippen molar-refractivity contribution in [2.75, 3.05) is 11.9 Å². The van der Waals surface area contributed by atoms with E-state index in [0.717, 1.165) is 35.8 Å². The van der Waals surface area contributed by atoms with Crippen LogP contribution in [0.2, 0.25) is 0 Å². The highest BCUT2D eigenvalue weighted by Crippen LogP contribution is 2.30. The van der Waals surface area contributed by atoms with Crippen LogP contribution in [0.3, 0.4) is 0 Å². The first-order chi connectivity index (χ1) is 9.15. The Morgan fingerprint density at radius 2 is 1.74 bits per heavy atom. The fourth-order valence-corrected chi connectivity index (χ4v) is 3.18. The Balaban J connectivity index is 1.76. The molecular formula is C16H18BrNO. The van der Waals surface area contributed by atoms with Crippen LogP contribution in [0.4, 0.5) is 5.69 Å². The molecule has 3 rings (SSSR count). The molecule has 0 amide bonds. The summed E-state index contributed by atoms with van der Waals surface area (Å²) in [6.45, 7) is 0.648. The van der Waals surface area contributed by atoms with E-state index in [-0.39, 0.29) is 0 Å². The second kappa shape index (κ2) is 5.14. The quantitative estimate of drug-likeness (QED) is 0.883. The van der Waals surface area contributed by atoms with Gasteiger partial charge in [-0.05, 0) is 47.9 Å². The lowest BCUT2D eigenvalue weighted by Gasteiger charge is -2.23. The van der Waals surface area contributed by atoms with Crippen molar-refractivity contribution in [2.45, 2.75) is 31.3 Å². The van der Waals surface area contributed by atoms with Crippen molar-refractivity contribution in [3.8, 4) is 0 Å². The highest BCUT2D eigenvalue weighted by molar-refractivity contribution is 9.10. The van der Waals surface area contributed by atoms with Crippen molar-refractivity contribution < 1.29 is 5.11 Å². The van der Waals surface area contributed by atoms with Crippen LogP contribution in [-0.2, 0) is 0 Å². The van der Waals surface area contributed by atoms with Crippen molar-refractivity contribution >= 4 is 32.4 Å². The average molecular weight is 320 g/mol. The van der Waals surface area contributed by atoms with E-state index in [1.165, 1.54) is 10.8 Å². The molecule has 1 saturated carbocycles. The summed E-state index contributed by atoms with van der Waals surface area (Å²) in [5.41, 5.74) is 0.574. The summed E-state index contributed by atoms with van der Waals surface area (Å²) < 4.78 is 1.10. The van der Waals surface area contributed by atoms with Gasteiger partial charge in [-0.2, -0.15) is 0 Å². The molecule has 0 saturated heterocycles. The van der Waals surface area contributed by atoms with E-state index in [1.54, 1.807) is 0 Å². The smallest absolute Gasteiger partial charge is 0.0819 e. The Morgan fingerprint density at radius 3 is 2.53 bits per heavy atom. The van der Waals surface area contributed by atoms with Crippen LogP contribution in [0.1, 0.15) is 25.7 Å². The molecule has 0 aromatic heterocycles. The Kier molecular flexibility index (Phi) is 3.50. The van der Waals surface area contributed by atoms with E-state index in [0.29, 0.717) is 6.54 Å². The number of halogens is 1. The van der Waals surface area contributed by atoms with Crippen LogP contribution in [-0.4, -0.2) is 17.3 Å². The van der Waals surface area contributed by atoms with Crippen molar-refractivity contribution in [1.82, 2.24) is 0 Å². The predicted molar refractivity (Wildman–Crippen MR) is 83.6 cm³/mol. The van der Waals surface area contributed by atoms with Crippen molar-refractivity contribution in [3.63, 3.8) is 0 Å². The molecule has 1 aliphatic carbocycles. The van der Waals surface area contributed by atoms with E-state index in [1.807, 2.05) is 0 Å². The first-order valence-electron chi connectivity index (χ1n) is 6.80. The number of aliphatic hydroxyl groups is 1. The fraction of sp³-hybridized carbons (Fsp3) is 0.375. The molecule has 0 bridgehead atoms. The molecule has 1 fully saturated rings. The van der Waals surface area contributed by atoms with Gasteiger partial charge in [0.1, 0.15) is 0 Å². The van der Waals surface area contributed by atoms with Crippen LogP contribution >= 0.6 is 15.9 Å². The maximum Gasteiger partial charge on any atom is 0.0819 e. The number of fused-ring (bicyclic) bond motifs is 1. The van der Waals surface area contributed by atoms with Gasteiger partial charge >= 0.3 is 0 Å². The molecule has 2 N–H and O–H groups in total. The minimum Gasteiger partial charge on any atom is -0.388 e. The van der Waals surface area contributed by atoms with Gasteiger partial charge in [-0.15, -0.1) is 0 Å². The molecule has 0 radical (unpaired) electrons. The zero-order valence-electron chi connectivity index (χ0n) is 10.8. The van der Waals surface area contributed by atoms with Crippen LogP contribution in [0.15, 0.2) is 40.9 Å². The molecule has 2 nitrogen and oxygen atoms in total. The molecule has 0 heterocycles. The van der Waals surface area contributed by atoms with E-state index in [2.05, 4.69) is 57.6 Å². The van der Waals surface area contributed by atoms with Gasteiger partial charge in [0.25, 0.3) is 0 Å². The number of nitrogens with one attached hydrogen (secondary N) is 1. The minimum atomic E-state index is -0.505. The molecule has 2 aromatic carbocycles. The highest BCUT2D eigenvalue weighted by Gasteiger charge is 2.30. The summed E-state index contributed by atoms with van der Waals surface area (Å²) in [6.07, 6.45) is 4.12. The monoisotopic (exact) mass is 319 g/mol. The zero-order valence-corrected chi connectivity index (χ0v) is 12.4. The number of anilines is 1. The minimum absolute atomic E-state index is 0.505. The van der Waals surface area contributed by atoms with Gasteiger partial charge in [0.2, 0.25) is 0 Å². The number of rotatable bonds is 3. The molecule has 19 heavy (non-hydrogen) atoms. The third-order valence-corrected chi connectivity index (χ3v) is 4.45. The first kappa shape index (κ1) is 12.9. The van der Waals surface area contributed by atoms with Crippen molar-refractivity contribution in [3.05, 3.63) is 40.9 Å². The Bertz CT molecular complexity index is 590. The second-order valence-electron chi connectivity index (χ2n) is 5.49. The first-order valence-corrected chi connectivity index (χ1v) is 7.60.